The normalized spacial score (nSPS) is 12.5. The van der Waals surface area contributed by atoms with Gasteiger partial charge in [0.2, 0.25) is 5.91 Å². The Kier molecular flexibility index (Phi) is 5.51. The van der Waals surface area contributed by atoms with Gasteiger partial charge in [-0.05, 0) is 29.3 Å². The molecule has 2 N–H and O–H groups in total. The van der Waals surface area contributed by atoms with Gasteiger partial charge in [0.1, 0.15) is 6.29 Å². The van der Waals surface area contributed by atoms with Gasteiger partial charge in [-0.15, -0.1) is 0 Å². The summed E-state index contributed by atoms with van der Waals surface area (Å²) in [6, 6.07) is 13.3. The van der Waals surface area contributed by atoms with Crippen LogP contribution in [0.25, 0.3) is 0 Å². The molecule has 1 atom stereocenters. The van der Waals surface area contributed by atoms with Crippen molar-refractivity contribution in [2.75, 3.05) is 5.75 Å². The average Bonchev–Trinajstić information content (AvgIpc) is 2.60. The lowest BCUT2D eigenvalue weighted by Gasteiger charge is -2.18. The van der Waals surface area contributed by atoms with Crippen molar-refractivity contribution >= 4 is 22.0 Å². The standard InChI is InChI=1S/C18H19NO4S/c1-2-24(22,23)14-9-7-13(8-10-14)15(11-12-20)16-5-3-4-6-17(16)18(19)21/h3-10,12,15H,2,11H2,1H3,(H2,19,21). The summed E-state index contributed by atoms with van der Waals surface area (Å²) in [4.78, 5) is 23.0. The zero-order valence-electron chi connectivity index (χ0n) is 13.3. The second-order valence-electron chi connectivity index (χ2n) is 5.38. The number of hydrogen-bond acceptors (Lipinski definition) is 4. The molecule has 0 saturated heterocycles. The maximum atomic E-state index is 11.9. The topological polar surface area (TPSA) is 94.3 Å². The minimum Gasteiger partial charge on any atom is -0.366 e. The van der Waals surface area contributed by atoms with E-state index in [1.807, 2.05) is 0 Å². The number of carbonyl (C=O) groups excluding carboxylic acids is 2. The quantitative estimate of drug-likeness (QED) is 0.779. The van der Waals surface area contributed by atoms with Crippen LogP contribution in [0, 0.1) is 0 Å². The zero-order valence-corrected chi connectivity index (χ0v) is 14.1. The van der Waals surface area contributed by atoms with E-state index in [4.69, 9.17) is 5.73 Å². The lowest BCUT2D eigenvalue weighted by atomic mass is 9.86. The third-order valence-electron chi connectivity index (χ3n) is 3.96. The van der Waals surface area contributed by atoms with Crippen LogP contribution in [0.3, 0.4) is 0 Å². The van der Waals surface area contributed by atoms with Gasteiger partial charge in [-0.1, -0.05) is 37.3 Å². The fraction of sp³-hybridized carbons (Fsp3) is 0.222. The Hall–Kier alpha value is -2.47. The summed E-state index contributed by atoms with van der Waals surface area (Å²) >= 11 is 0. The lowest BCUT2D eigenvalue weighted by molar-refractivity contribution is -0.108. The van der Waals surface area contributed by atoms with Crippen LogP contribution in [0.5, 0.6) is 0 Å². The SMILES string of the molecule is CCS(=O)(=O)c1ccc(C(CC=O)c2ccccc2C(N)=O)cc1. The Morgan fingerprint density at radius 2 is 1.75 bits per heavy atom. The van der Waals surface area contributed by atoms with Gasteiger partial charge in [0.05, 0.1) is 10.6 Å². The summed E-state index contributed by atoms with van der Waals surface area (Å²) in [5.74, 6) is -0.898. The Balaban J connectivity index is 2.49. The first-order valence-corrected chi connectivity index (χ1v) is 9.21. The first kappa shape index (κ1) is 17.9. The maximum absolute atomic E-state index is 11.9. The number of nitrogens with two attached hydrogens (primary N) is 1. The summed E-state index contributed by atoms with van der Waals surface area (Å²) in [5.41, 5.74) is 7.19. The molecule has 126 valence electrons. The van der Waals surface area contributed by atoms with Crippen molar-refractivity contribution in [3.05, 3.63) is 65.2 Å². The third-order valence-corrected chi connectivity index (χ3v) is 5.71. The highest BCUT2D eigenvalue weighted by atomic mass is 32.2. The molecule has 0 spiro atoms. The smallest absolute Gasteiger partial charge is 0.248 e. The number of rotatable bonds is 7. The number of hydrogen-bond donors (Lipinski definition) is 1. The molecule has 0 aliphatic heterocycles. The molecule has 0 bridgehead atoms. The second-order valence-corrected chi connectivity index (χ2v) is 7.66. The van der Waals surface area contributed by atoms with Crippen LogP contribution in [0.15, 0.2) is 53.4 Å². The van der Waals surface area contributed by atoms with E-state index in [2.05, 4.69) is 0 Å². The Bertz CT molecular complexity index is 842. The minimum atomic E-state index is -3.28. The van der Waals surface area contributed by atoms with E-state index in [1.54, 1.807) is 43.3 Å². The van der Waals surface area contributed by atoms with Gasteiger partial charge in [-0.25, -0.2) is 8.42 Å². The number of carbonyl (C=O) groups is 2. The Morgan fingerprint density at radius 3 is 2.29 bits per heavy atom. The van der Waals surface area contributed by atoms with Gasteiger partial charge < -0.3 is 10.5 Å². The lowest BCUT2D eigenvalue weighted by Crippen LogP contribution is -2.16. The summed E-state index contributed by atoms with van der Waals surface area (Å²) in [6.45, 7) is 1.58. The number of aldehydes is 1. The first-order valence-electron chi connectivity index (χ1n) is 7.55. The van der Waals surface area contributed by atoms with E-state index in [0.717, 1.165) is 11.8 Å². The zero-order chi connectivity index (χ0) is 17.7. The van der Waals surface area contributed by atoms with Gasteiger partial charge in [0.15, 0.2) is 9.84 Å². The van der Waals surface area contributed by atoms with Gasteiger partial charge in [-0.3, -0.25) is 4.79 Å². The summed E-state index contributed by atoms with van der Waals surface area (Å²) in [6.07, 6.45) is 0.948. The molecule has 24 heavy (non-hydrogen) atoms. The van der Waals surface area contributed by atoms with E-state index < -0.39 is 15.7 Å². The fourth-order valence-electron chi connectivity index (χ4n) is 2.64. The molecule has 2 aromatic carbocycles. The van der Waals surface area contributed by atoms with Gasteiger partial charge in [-0.2, -0.15) is 0 Å². The van der Waals surface area contributed by atoms with Gasteiger partial charge in [0.25, 0.3) is 0 Å². The highest BCUT2D eigenvalue weighted by Crippen LogP contribution is 2.30. The van der Waals surface area contributed by atoms with E-state index >= 15 is 0 Å². The molecule has 0 aliphatic carbocycles. The van der Waals surface area contributed by atoms with Crippen LogP contribution in [0.1, 0.15) is 40.7 Å². The number of amides is 1. The van der Waals surface area contributed by atoms with E-state index in [-0.39, 0.29) is 23.0 Å². The number of primary amides is 1. The molecule has 1 unspecified atom stereocenters. The summed E-state index contributed by atoms with van der Waals surface area (Å²) in [5, 5.41) is 0. The van der Waals surface area contributed by atoms with Crippen molar-refractivity contribution in [3.63, 3.8) is 0 Å². The number of benzene rings is 2. The Morgan fingerprint density at radius 1 is 1.12 bits per heavy atom. The monoisotopic (exact) mass is 345 g/mol. The largest absolute Gasteiger partial charge is 0.366 e. The van der Waals surface area contributed by atoms with Gasteiger partial charge in [0, 0.05) is 17.9 Å². The predicted molar refractivity (Wildman–Crippen MR) is 91.7 cm³/mol. The molecular formula is C18H19NO4S. The minimum absolute atomic E-state index is 0.0224. The third kappa shape index (κ3) is 3.71. The van der Waals surface area contributed by atoms with Crippen molar-refractivity contribution in [2.45, 2.75) is 24.2 Å². The van der Waals surface area contributed by atoms with Crippen molar-refractivity contribution in [1.29, 1.82) is 0 Å². The Labute approximate surface area is 141 Å². The van der Waals surface area contributed by atoms with E-state index in [1.165, 1.54) is 12.1 Å². The van der Waals surface area contributed by atoms with Crippen LogP contribution in [0.2, 0.25) is 0 Å². The molecule has 0 saturated carbocycles. The molecular weight excluding hydrogens is 326 g/mol. The van der Waals surface area contributed by atoms with Crippen molar-refractivity contribution in [2.24, 2.45) is 5.73 Å². The van der Waals surface area contributed by atoms with Crippen LogP contribution < -0.4 is 5.73 Å². The molecule has 2 aromatic rings. The highest BCUT2D eigenvalue weighted by Gasteiger charge is 2.20. The fourth-order valence-corrected chi connectivity index (χ4v) is 3.52. The van der Waals surface area contributed by atoms with Crippen molar-refractivity contribution in [3.8, 4) is 0 Å². The van der Waals surface area contributed by atoms with Crippen LogP contribution >= 0.6 is 0 Å². The highest BCUT2D eigenvalue weighted by molar-refractivity contribution is 7.91. The number of sulfone groups is 1. The maximum Gasteiger partial charge on any atom is 0.248 e. The molecule has 5 nitrogen and oxygen atoms in total. The first-order chi connectivity index (χ1) is 11.4. The predicted octanol–water partition coefficient (Wildman–Crippen LogP) is 2.30. The summed E-state index contributed by atoms with van der Waals surface area (Å²) in [7, 11) is -3.28. The van der Waals surface area contributed by atoms with Crippen molar-refractivity contribution in [1.82, 2.24) is 0 Å². The summed E-state index contributed by atoms with van der Waals surface area (Å²) < 4.78 is 23.8. The van der Waals surface area contributed by atoms with Crippen LogP contribution in [0.4, 0.5) is 0 Å². The molecule has 0 heterocycles. The molecule has 0 fully saturated rings. The molecule has 1 amide bonds. The van der Waals surface area contributed by atoms with Crippen LogP contribution in [-0.4, -0.2) is 26.4 Å². The second kappa shape index (κ2) is 7.40. The molecule has 6 heteroatoms. The van der Waals surface area contributed by atoms with Gasteiger partial charge >= 0.3 is 0 Å². The average molecular weight is 345 g/mol. The van der Waals surface area contributed by atoms with E-state index in [0.29, 0.717) is 11.1 Å². The van der Waals surface area contributed by atoms with E-state index in [9.17, 15) is 18.0 Å². The molecule has 0 aromatic heterocycles. The molecule has 2 rings (SSSR count). The van der Waals surface area contributed by atoms with Crippen LogP contribution in [-0.2, 0) is 14.6 Å². The molecule has 0 aliphatic rings. The molecule has 0 radical (unpaired) electrons. The van der Waals surface area contributed by atoms with Crippen molar-refractivity contribution < 1.29 is 18.0 Å².